The molecule has 0 bridgehead atoms. The van der Waals surface area contributed by atoms with Gasteiger partial charge in [-0.3, -0.25) is 19.3 Å². The predicted octanol–water partition coefficient (Wildman–Crippen LogP) is 4.54. The number of likely N-dealkylation sites (tertiary alicyclic amines) is 1. The monoisotopic (exact) mass is 463 g/mol. The molecule has 1 aliphatic rings. The number of halogens is 1. The number of rotatable bonds is 6. The lowest BCUT2D eigenvalue weighted by Crippen LogP contribution is -2.35. The summed E-state index contributed by atoms with van der Waals surface area (Å²) in [6, 6.07) is 3.76. The van der Waals surface area contributed by atoms with Gasteiger partial charge in [0.05, 0.1) is 16.4 Å². The second-order valence-corrected chi connectivity index (χ2v) is 8.92. The third-order valence-corrected chi connectivity index (χ3v) is 6.20. The zero-order valence-corrected chi connectivity index (χ0v) is 19.5. The zero-order chi connectivity index (χ0) is 22.5. The highest BCUT2D eigenvalue weighted by molar-refractivity contribution is 7.14. The number of hydrogen-bond donors (Lipinski definition) is 0. The third kappa shape index (κ3) is 5.83. The second kappa shape index (κ2) is 10.2. The summed E-state index contributed by atoms with van der Waals surface area (Å²) in [6.07, 6.45) is 3.24. The minimum atomic E-state index is -0.467. The fourth-order valence-electron chi connectivity index (χ4n) is 3.61. The first-order chi connectivity index (χ1) is 14.8. The Balaban J connectivity index is 1.68. The van der Waals surface area contributed by atoms with Gasteiger partial charge < -0.3 is 9.64 Å². The SMILES string of the molecule is CC(=O)N(c1nc(COC(=O)CN2CCCCCC2=O)cs1)c1c(C)cc(C)cc1Cl. The highest BCUT2D eigenvalue weighted by Gasteiger charge is 2.23. The lowest BCUT2D eigenvalue weighted by molar-refractivity contribution is -0.150. The van der Waals surface area contributed by atoms with Crippen LogP contribution in [0, 0.1) is 13.8 Å². The summed E-state index contributed by atoms with van der Waals surface area (Å²) >= 11 is 7.70. The van der Waals surface area contributed by atoms with Crippen molar-refractivity contribution in [2.75, 3.05) is 18.0 Å². The van der Waals surface area contributed by atoms with E-state index in [0.717, 1.165) is 30.4 Å². The molecule has 2 aromatic rings. The van der Waals surface area contributed by atoms with Crippen LogP contribution in [0.4, 0.5) is 10.8 Å². The van der Waals surface area contributed by atoms with Crippen LogP contribution < -0.4 is 4.90 Å². The smallest absolute Gasteiger partial charge is 0.326 e. The number of carbonyl (C=O) groups excluding carboxylic acids is 3. The number of aromatic nitrogens is 1. The molecule has 0 saturated carbocycles. The van der Waals surface area contributed by atoms with Gasteiger partial charge in [0.2, 0.25) is 11.8 Å². The topological polar surface area (TPSA) is 79.8 Å². The first-order valence-corrected chi connectivity index (χ1v) is 11.5. The Morgan fingerprint density at radius 2 is 2.03 bits per heavy atom. The van der Waals surface area contributed by atoms with E-state index in [0.29, 0.717) is 34.5 Å². The van der Waals surface area contributed by atoms with E-state index < -0.39 is 5.97 Å². The van der Waals surface area contributed by atoms with Crippen LogP contribution in [-0.2, 0) is 25.7 Å². The van der Waals surface area contributed by atoms with Gasteiger partial charge in [0, 0.05) is 25.3 Å². The van der Waals surface area contributed by atoms with E-state index in [1.54, 1.807) is 16.3 Å². The lowest BCUT2D eigenvalue weighted by atomic mass is 10.1. The zero-order valence-electron chi connectivity index (χ0n) is 17.9. The molecule has 1 aromatic carbocycles. The average Bonchev–Trinajstić information content (AvgIpc) is 3.06. The molecule has 1 aliphatic heterocycles. The van der Waals surface area contributed by atoms with Crippen LogP contribution in [0.5, 0.6) is 0 Å². The molecule has 2 amide bonds. The molecule has 0 spiro atoms. The second-order valence-electron chi connectivity index (χ2n) is 7.67. The van der Waals surface area contributed by atoms with E-state index in [2.05, 4.69) is 4.98 Å². The van der Waals surface area contributed by atoms with Gasteiger partial charge in [-0.25, -0.2) is 4.98 Å². The maximum Gasteiger partial charge on any atom is 0.326 e. The van der Waals surface area contributed by atoms with Crippen molar-refractivity contribution in [3.63, 3.8) is 0 Å². The van der Waals surface area contributed by atoms with Crippen molar-refractivity contribution in [2.24, 2.45) is 0 Å². The molecule has 9 heteroatoms. The van der Waals surface area contributed by atoms with Crippen molar-refractivity contribution in [3.05, 3.63) is 39.4 Å². The summed E-state index contributed by atoms with van der Waals surface area (Å²) in [7, 11) is 0. The Bertz CT molecular complexity index is 968. The maximum atomic E-state index is 12.4. The van der Waals surface area contributed by atoms with Crippen molar-refractivity contribution in [1.82, 2.24) is 9.88 Å². The number of nitrogens with zero attached hydrogens (tertiary/aromatic N) is 3. The van der Waals surface area contributed by atoms with E-state index in [9.17, 15) is 14.4 Å². The van der Waals surface area contributed by atoms with Crippen molar-refractivity contribution in [1.29, 1.82) is 0 Å². The number of hydrogen-bond acceptors (Lipinski definition) is 6. The number of thiazole rings is 1. The van der Waals surface area contributed by atoms with Crippen LogP contribution >= 0.6 is 22.9 Å². The van der Waals surface area contributed by atoms with Crippen LogP contribution in [0.3, 0.4) is 0 Å². The number of esters is 1. The van der Waals surface area contributed by atoms with Gasteiger partial charge in [-0.1, -0.05) is 24.1 Å². The molecule has 166 valence electrons. The Labute approximate surface area is 191 Å². The van der Waals surface area contributed by atoms with Gasteiger partial charge in [-0.15, -0.1) is 11.3 Å². The lowest BCUT2D eigenvalue weighted by Gasteiger charge is -2.22. The minimum Gasteiger partial charge on any atom is -0.458 e. The molecule has 3 rings (SSSR count). The molecule has 2 heterocycles. The summed E-state index contributed by atoms with van der Waals surface area (Å²) in [5, 5.41) is 2.67. The van der Waals surface area contributed by atoms with Crippen LogP contribution in [0.1, 0.15) is 49.4 Å². The van der Waals surface area contributed by atoms with E-state index >= 15 is 0 Å². The molecule has 0 aliphatic carbocycles. The molecule has 0 unspecified atom stereocenters. The Hall–Kier alpha value is -2.45. The van der Waals surface area contributed by atoms with Gasteiger partial charge in [-0.05, 0) is 43.9 Å². The van der Waals surface area contributed by atoms with Crippen molar-refractivity contribution in [3.8, 4) is 0 Å². The van der Waals surface area contributed by atoms with E-state index in [4.69, 9.17) is 16.3 Å². The Morgan fingerprint density at radius 1 is 1.26 bits per heavy atom. The summed E-state index contributed by atoms with van der Waals surface area (Å²) in [5.41, 5.74) is 3.00. The molecule has 31 heavy (non-hydrogen) atoms. The largest absolute Gasteiger partial charge is 0.458 e. The van der Waals surface area contributed by atoms with Gasteiger partial charge >= 0.3 is 5.97 Å². The van der Waals surface area contributed by atoms with Crippen molar-refractivity contribution >= 4 is 51.5 Å². The van der Waals surface area contributed by atoms with E-state index in [-0.39, 0.29) is 25.0 Å². The highest BCUT2D eigenvalue weighted by Crippen LogP contribution is 2.37. The summed E-state index contributed by atoms with van der Waals surface area (Å²) < 4.78 is 5.32. The van der Waals surface area contributed by atoms with Gasteiger partial charge in [0.15, 0.2) is 5.13 Å². The molecule has 0 atom stereocenters. The normalized spacial score (nSPS) is 14.3. The molecular weight excluding hydrogens is 438 g/mol. The molecule has 1 aromatic heterocycles. The number of anilines is 2. The first-order valence-electron chi connectivity index (χ1n) is 10.2. The van der Waals surface area contributed by atoms with Crippen LogP contribution in [0.2, 0.25) is 5.02 Å². The molecule has 0 radical (unpaired) electrons. The van der Waals surface area contributed by atoms with Crippen molar-refractivity contribution < 1.29 is 19.1 Å². The number of amides is 2. The van der Waals surface area contributed by atoms with Gasteiger partial charge in [-0.2, -0.15) is 0 Å². The quantitative estimate of drug-likeness (QED) is 0.587. The van der Waals surface area contributed by atoms with Gasteiger partial charge in [0.25, 0.3) is 0 Å². The van der Waals surface area contributed by atoms with Crippen LogP contribution in [0.25, 0.3) is 0 Å². The Kier molecular flexibility index (Phi) is 7.67. The van der Waals surface area contributed by atoms with Crippen LogP contribution in [0.15, 0.2) is 17.5 Å². The summed E-state index contributed by atoms with van der Waals surface area (Å²) in [4.78, 5) is 44.1. The summed E-state index contributed by atoms with van der Waals surface area (Å²) in [6.45, 7) is 5.80. The average molecular weight is 464 g/mol. The minimum absolute atomic E-state index is 0.00663. The maximum absolute atomic E-state index is 12.4. The van der Waals surface area contributed by atoms with E-state index in [1.807, 2.05) is 19.9 Å². The fourth-order valence-corrected chi connectivity index (χ4v) is 4.87. The molecule has 0 N–H and O–H groups in total. The Morgan fingerprint density at radius 3 is 2.74 bits per heavy atom. The molecule has 1 saturated heterocycles. The third-order valence-electron chi connectivity index (χ3n) is 5.04. The van der Waals surface area contributed by atoms with Gasteiger partial charge in [0.1, 0.15) is 13.2 Å². The number of benzene rings is 1. The molecular formula is C22H26ClN3O4S. The standard InChI is InChI=1S/C22H26ClN3O4S/c1-14-9-15(2)21(18(23)10-14)26(16(3)27)22-24-17(13-31-22)12-30-20(29)11-25-8-6-4-5-7-19(25)28/h9-10,13H,4-8,11-12H2,1-3H3. The summed E-state index contributed by atoms with van der Waals surface area (Å²) in [5.74, 6) is -0.690. The van der Waals surface area contributed by atoms with Crippen molar-refractivity contribution in [2.45, 2.75) is 53.1 Å². The fraction of sp³-hybridized carbons (Fsp3) is 0.455. The predicted molar refractivity (Wildman–Crippen MR) is 121 cm³/mol. The molecule has 1 fully saturated rings. The van der Waals surface area contributed by atoms with E-state index in [1.165, 1.54) is 23.2 Å². The number of carbonyl (C=O) groups is 3. The number of aryl methyl sites for hydroxylation is 2. The van der Waals surface area contributed by atoms with Crippen LogP contribution in [-0.4, -0.2) is 40.8 Å². The molecule has 7 nitrogen and oxygen atoms in total. The number of ether oxygens (including phenoxy) is 1. The highest BCUT2D eigenvalue weighted by atomic mass is 35.5. The first kappa shape index (κ1) is 23.2.